The van der Waals surface area contributed by atoms with Crippen molar-refractivity contribution in [3.63, 3.8) is 0 Å². The third-order valence-corrected chi connectivity index (χ3v) is 4.70. The minimum absolute atomic E-state index is 0.172. The van der Waals surface area contributed by atoms with Gasteiger partial charge in [-0.1, -0.05) is 0 Å². The van der Waals surface area contributed by atoms with Gasteiger partial charge in [-0.3, -0.25) is 9.48 Å². The molecule has 3 rings (SSSR count). The molecule has 1 aliphatic heterocycles. The number of rotatable bonds is 5. The van der Waals surface area contributed by atoms with Crippen LogP contribution in [0.1, 0.15) is 36.6 Å². The molecule has 1 amide bonds. The zero-order valence-electron chi connectivity index (χ0n) is 14.6. The highest BCUT2D eigenvalue weighted by Gasteiger charge is 2.30. The minimum atomic E-state index is 0.172. The van der Waals surface area contributed by atoms with E-state index >= 15 is 0 Å². The smallest absolute Gasteiger partial charge is 0.223 e. The van der Waals surface area contributed by atoms with Crippen LogP contribution in [0.4, 0.5) is 5.82 Å². The Hall–Kier alpha value is -2.37. The van der Waals surface area contributed by atoms with E-state index in [2.05, 4.69) is 16.1 Å². The SMILES string of the molecule is CN(C)c1cc([C@@H]2CCCN2C(=O)CCc2ccnn2C)ccn1. The molecular formula is C18H25N5O. The van der Waals surface area contributed by atoms with Crippen LogP contribution in [0.2, 0.25) is 0 Å². The lowest BCUT2D eigenvalue weighted by Crippen LogP contribution is -2.31. The number of pyridine rings is 1. The molecule has 0 aliphatic carbocycles. The molecule has 128 valence electrons. The van der Waals surface area contributed by atoms with Crippen molar-refractivity contribution < 1.29 is 4.79 Å². The number of anilines is 1. The zero-order valence-corrected chi connectivity index (χ0v) is 14.6. The highest BCUT2D eigenvalue weighted by atomic mass is 16.2. The molecule has 2 aromatic rings. The lowest BCUT2D eigenvalue weighted by molar-refractivity contribution is -0.132. The molecule has 0 N–H and O–H groups in total. The summed E-state index contributed by atoms with van der Waals surface area (Å²) < 4.78 is 1.83. The average Bonchev–Trinajstić information content (AvgIpc) is 3.21. The Labute approximate surface area is 143 Å². The Kier molecular flexibility index (Phi) is 4.83. The molecule has 0 unspecified atom stereocenters. The summed E-state index contributed by atoms with van der Waals surface area (Å²) in [7, 11) is 5.88. The standard InChI is InChI=1S/C18H25N5O/c1-21(2)17-13-14(8-10-19-17)16-5-4-12-23(16)18(24)7-6-15-9-11-20-22(15)3/h8-11,13,16H,4-7,12H2,1-3H3/t16-/m0/s1. The lowest BCUT2D eigenvalue weighted by Gasteiger charge is -2.26. The fourth-order valence-electron chi connectivity index (χ4n) is 3.32. The van der Waals surface area contributed by atoms with Gasteiger partial charge in [0.1, 0.15) is 5.82 Å². The van der Waals surface area contributed by atoms with Gasteiger partial charge in [-0.05, 0) is 43.0 Å². The number of carbonyl (C=O) groups is 1. The molecule has 1 aliphatic rings. The predicted molar refractivity (Wildman–Crippen MR) is 93.8 cm³/mol. The van der Waals surface area contributed by atoms with E-state index in [0.717, 1.165) is 37.3 Å². The first-order valence-corrected chi connectivity index (χ1v) is 8.46. The van der Waals surface area contributed by atoms with Crippen LogP contribution in [0.3, 0.4) is 0 Å². The molecule has 0 spiro atoms. The van der Waals surface area contributed by atoms with Crippen molar-refractivity contribution in [3.8, 4) is 0 Å². The monoisotopic (exact) mass is 327 g/mol. The summed E-state index contributed by atoms with van der Waals surface area (Å²) in [5.74, 6) is 1.16. The van der Waals surface area contributed by atoms with Gasteiger partial charge >= 0.3 is 0 Å². The van der Waals surface area contributed by atoms with Crippen LogP contribution in [0, 0.1) is 0 Å². The second-order valence-corrected chi connectivity index (χ2v) is 6.53. The van der Waals surface area contributed by atoms with E-state index in [1.165, 1.54) is 5.56 Å². The van der Waals surface area contributed by atoms with Crippen LogP contribution in [-0.2, 0) is 18.3 Å². The van der Waals surface area contributed by atoms with Gasteiger partial charge in [-0.15, -0.1) is 0 Å². The van der Waals surface area contributed by atoms with Gasteiger partial charge in [0.2, 0.25) is 5.91 Å². The van der Waals surface area contributed by atoms with Gasteiger partial charge in [-0.2, -0.15) is 5.10 Å². The molecule has 0 saturated carbocycles. The quantitative estimate of drug-likeness (QED) is 0.845. The molecule has 3 heterocycles. The summed E-state index contributed by atoms with van der Waals surface area (Å²) >= 11 is 0. The number of hydrogen-bond donors (Lipinski definition) is 0. The topological polar surface area (TPSA) is 54.3 Å². The van der Waals surface area contributed by atoms with Crippen molar-refractivity contribution in [1.29, 1.82) is 0 Å². The first-order chi connectivity index (χ1) is 11.6. The maximum Gasteiger partial charge on any atom is 0.223 e. The fourth-order valence-corrected chi connectivity index (χ4v) is 3.32. The molecule has 0 aromatic carbocycles. The zero-order chi connectivity index (χ0) is 17.1. The number of carbonyl (C=O) groups excluding carboxylic acids is 1. The fraction of sp³-hybridized carbons (Fsp3) is 0.500. The minimum Gasteiger partial charge on any atom is -0.363 e. The number of aryl methyl sites for hydroxylation is 2. The van der Waals surface area contributed by atoms with Gasteiger partial charge < -0.3 is 9.80 Å². The molecular weight excluding hydrogens is 302 g/mol. The van der Waals surface area contributed by atoms with E-state index in [-0.39, 0.29) is 11.9 Å². The Morgan fingerprint density at radius 2 is 2.17 bits per heavy atom. The lowest BCUT2D eigenvalue weighted by atomic mass is 10.1. The molecule has 6 heteroatoms. The van der Waals surface area contributed by atoms with Crippen molar-refractivity contribution in [2.24, 2.45) is 7.05 Å². The van der Waals surface area contributed by atoms with Crippen LogP contribution < -0.4 is 4.90 Å². The third-order valence-electron chi connectivity index (χ3n) is 4.70. The van der Waals surface area contributed by atoms with Crippen molar-refractivity contribution in [3.05, 3.63) is 41.9 Å². The number of nitrogens with zero attached hydrogens (tertiary/aromatic N) is 5. The summed E-state index contributed by atoms with van der Waals surface area (Å²) in [6, 6.07) is 6.27. The van der Waals surface area contributed by atoms with Gasteiger partial charge in [-0.25, -0.2) is 4.98 Å². The average molecular weight is 327 g/mol. The molecule has 1 atom stereocenters. The number of amides is 1. The predicted octanol–water partition coefficient (Wildman–Crippen LogP) is 2.18. The first-order valence-electron chi connectivity index (χ1n) is 8.46. The number of likely N-dealkylation sites (tertiary alicyclic amines) is 1. The third kappa shape index (κ3) is 3.42. The van der Waals surface area contributed by atoms with Crippen LogP contribution >= 0.6 is 0 Å². The summed E-state index contributed by atoms with van der Waals surface area (Å²) in [4.78, 5) is 21.1. The van der Waals surface area contributed by atoms with Crippen molar-refractivity contribution in [2.45, 2.75) is 31.7 Å². The Bertz CT molecular complexity index is 709. The highest BCUT2D eigenvalue weighted by molar-refractivity contribution is 5.77. The summed E-state index contributed by atoms with van der Waals surface area (Å²) in [5, 5.41) is 4.16. The van der Waals surface area contributed by atoms with Crippen LogP contribution in [0.25, 0.3) is 0 Å². The van der Waals surface area contributed by atoms with Crippen molar-refractivity contribution in [2.75, 3.05) is 25.5 Å². The first kappa shape index (κ1) is 16.5. The summed E-state index contributed by atoms with van der Waals surface area (Å²) in [6.07, 6.45) is 6.95. The normalized spacial score (nSPS) is 17.3. The highest BCUT2D eigenvalue weighted by Crippen LogP contribution is 2.33. The van der Waals surface area contributed by atoms with E-state index in [0.29, 0.717) is 6.42 Å². The van der Waals surface area contributed by atoms with Crippen LogP contribution in [-0.4, -0.2) is 46.2 Å². The molecule has 2 aromatic heterocycles. The number of hydrogen-bond acceptors (Lipinski definition) is 4. The summed E-state index contributed by atoms with van der Waals surface area (Å²) in [6.45, 7) is 0.842. The molecule has 24 heavy (non-hydrogen) atoms. The Balaban J connectivity index is 1.69. The van der Waals surface area contributed by atoms with Crippen LogP contribution in [0.15, 0.2) is 30.6 Å². The van der Waals surface area contributed by atoms with Gasteiger partial charge in [0.25, 0.3) is 0 Å². The van der Waals surface area contributed by atoms with E-state index in [9.17, 15) is 4.79 Å². The largest absolute Gasteiger partial charge is 0.363 e. The second-order valence-electron chi connectivity index (χ2n) is 6.53. The molecule has 1 fully saturated rings. The maximum atomic E-state index is 12.7. The number of aromatic nitrogens is 3. The Morgan fingerprint density at radius 3 is 2.88 bits per heavy atom. The van der Waals surface area contributed by atoms with E-state index in [1.54, 1.807) is 6.20 Å². The molecule has 0 radical (unpaired) electrons. The van der Waals surface area contributed by atoms with E-state index in [4.69, 9.17) is 0 Å². The van der Waals surface area contributed by atoms with Crippen molar-refractivity contribution >= 4 is 11.7 Å². The van der Waals surface area contributed by atoms with Gasteiger partial charge in [0.15, 0.2) is 0 Å². The Morgan fingerprint density at radius 1 is 1.33 bits per heavy atom. The molecule has 0 bridgehead atoms. The summed E-state index contributed by atoms with van der Waals surface area (Å²) in [5.41, 5.74) is 2.28. The van der Waals surface area contributed by atoms with Crippen LogP contribution in [0.5, 0.6) is 0 Å². The van der Waals surface area contributed by atoms with Crippen molar-refractivity contribution in [1.82, 2.24) is 19.7 Å². The van der Waals surface area contributed by atoms with E-state index in [1.807, 2.05) is 54.0 Å². The molecule has 1 saturated heterocycles. The maximum absolute atomic E-state index is 12.7. The second kappa shape index (κ2) is 7.03. The van der Waals surface area contributed by atoms with E-state index < -0.39 is 0 Å². The molecule has 6 nitrogen and oxygen atoms in total. The van der Waals surface area contributed by atoms with Gasteiger partial charge in [0.05, 0.1) is 6.04 Å². The van der Waals surface area contributed by atoms with Gasteiger partial charge in [0, 0.05) is 52.2 Å².